The normalized spacial score (nSPS) is 14.4. The Morgan fingerprint density at radius 1 is 1.29 bits per heavy atom. The van der Waals surface area contributed by atoms with Crippen molar-refractivity contribution in [2.24, 2.45) is 0 Å². The third-order valence-electron chi connectivity index (χ3n) is 2.92. The number of sulfonamides is 1. The minimum atomic E-state index is -4.41. The summed E-state index contributed by atoms with van der Waals surface area (Å²) in [6.45, 7) is 0.128. The molecule has 0 saturated carbocycles. The van der Waals surface area contributed by atoms with Crippen LogP contribution in [0.3, 0.4) is 0 Å². The number of rotatable bonds is 7. The van der Waals surface area contributed by atoms with Crippen LogP contribution < -0.4 is 10.0 Å². The Bertz CT molecular complexity index is 578. The van der Waals surface area contributed by atoms with E-state index in [-0.39, 0.29) is 10.9 Å². The van der Waals surface area contributed by atoms with E-state index in [1.165, 1.54) is 22.9 Å². The van der Waals surface area contributed by atoms with E-state index in [0.717, 1.165) is 0 Å². The summed E-state index contributed by atoms with van der Waals surface area (Å²) in [7, 11) is -2.61. The van der Waals surface area contributed by atoms with Crippen molar-refractivity contribution in [2.75, 3.05) is 13.6 Å². The summed E-state index contributed by atoms with van der Waals surface area (Å²) in [5.74, 6) is -4.41. The van der Waals surface area contributed by atoms with Crippen molar-refractivity contribution in [2.45, 2.75) is 30.2 Å². The van der Waals surface area contributed by atoms with Crippen molar-refractivity contribution in [3.05, 3.63) is 29.8 Å². The number of alkyl halides is 4. The van der Waals surface area contributed by atoms with Crippen LogP contribution in [-0.4, -0.2) is 34.4 Å². The molecule has 1 unspecified atom stereocenters. The highest BCUT2D eigenvalue weighted by Crippen LogP contribution is 2.23. The second-order valence-corrected chi connectivity index (χ2v) is 6.24. The van der Waals surface area contributed by atoms with E-state index < -0.39 is 28.9 Å². The van der Waals surface area contributed by atoms with E-state index in [0.29, 0.717) is 5.56 Å². The zero-order chi connectivity index (χ0) is 16.3. The van der Waals surface area contributed by atoms with Gasteiger partial charge in [0.15, 0.2) is 0 Å². The molecule has 1 aromatic carbocycles. The standard InChI is InChI=1S/C12H16F4N2O2S/c1-8(17-2)9-4-3-5-10(6-9)21(19,20)18-7-12(15,16)11(13)14/h3-6,8,11,17-18H,7H2,1-2H3. The SMILES string of the molecule is CNC(C)c1cccc(S(=O)(=O)NCC(F)(F)C(F)F)c1. The van der Waals surface area contributed by atoms with E-state index in [9.17, 15) is 26.0 Å². The molecule has 0 bridgehead atoms. The molecule has 0 aliphatic heterocycles. The van der Waals surface area contributed by atoms with E-state index in [4.69, 9.17) is 0 Å². The van der Waals surface area contributed by atoms with Crippen LogP contribution in [0.1, 0.15) is 18.5 Å². The van der Waals surface area contributed by atoms with Crippen LogP contribution in [0.4, 0.5) is 17.6 Å². The van der Waals surface area contributed by atoms with Crippen molar-refractivity contribution < 1.29 is 26.0 Å². The molecule has 4 nitrogen and oxygen atoms in total. The minimum absolute atomic E-state index is 0.150. The van der Waals surface area contributed by atoms with E-state index in [1.54, 1.807) is 20.0 Å². The van der Waals surface area contributed by atoms with Crippen LogP contribution in [0.2, 0.25) is 0 Å². The number of halogens is 4. The van der Waals surface area contributed by atoms with Gasteiger partial charge in [-0.15, -0.1) is 0 Å². The zero-order valence-corrected chi connectivity index (χ0v) is 12.2. The molecule has 0 saturated heterocycles. The highest BCUT2D eigenvalue weighted by atomic mass is 32.2. The third-order valence-corrected chi connectivity index (χ3v) is 4.32. The Kier molecular flexibility index (Phi) is 5.71. The predicted octanol–water partition coefficient (Wildman–Crippen LogP) is 2.15. The minimum Gasteiger partial charge on any atom is -0.313 e. The second kappa shape index (κ2) is 6.71. The first-order valence-corrected chi connectivity index (χ1v) is 7.51. The Morgan fingerprint density at radius 2 is 1.90 bits per heavy atom. The molecule has 120 valence electrons. The fourth-order valence-electron chi connectivity index (χ4n) is 1.47. The van der Waals surface area contributed by atoms with Gasteiger partial charge in [0.2, 0.25) is 10.0 Å². The van der Waals surface area contributed by atoms with Crippen LogP contribution in [0, 0.1) is 0 Å². The van der Waals surface area contributed by atoms with Crippen LogP contribution in [0.25, 0.3) is 0 Å². The molecule has 0 aliphatic carbocycles. The van der Waals surface area contributed by atoms with Gasteiger partial charge in [0.05, 0.1) is 11.4 Å². The quantitative estimate of drug-likeness (QED) is 0.754. The van der Waals surface area contributed by atoms with Gasteiger partial charge in [0.25, 0.3) is 0 Å². The first kappa shape index (κ1) is 17.9. The lowest BCUT2D eigenvalue weighted by atomic mass is 10.1. The second-order valence-electron chi connectivity index (χ2n) is 4.47. The van der Waals surface area contributed by atoms with Crippen molar-refractivity contribution in [3.63, 3.8) is 0 Å². The van der Waals surface area contributed by atoms with E-state index in [2.05, 4.69) is 5.32 Å². The fourth-order valence-corrected chi connectivity index (χ4v) is 2.57. The number of benzene rings is 1. The van der Waals surface area contributed by atoms with Crippen molar-refractivity contribution >= 4 is 10.0 Å². The van der Waals surface area contributed by atoms with Gasteiger partial charge in [-0.3, -0.25) is 0 Å². The molecule has 21 heavy (non-hydrogen) atoms. The average Bonchev–Trinajstić information content (AvgIpc) is 2.44. The first-order chi connectivity index (χ1) is 9.60. The van der Waals surface area contributed by atoms with Gasteiger partial charge >= 0.3 is 12.3 Å². The molecular formula is C12H16F4N2O2S. The fraction of sp³-hybridized carbons (Fsp3) is 0.500. The average molecular weight is 328 g/mol. The highest BCUT2D eigenvalue weighted by molar-refractivity contribution is 7.89. The molecule has 0 spiro atoms. The molecular weight excluding hydrogens is 312 g/mol. The first-order valence-electron chi connectivity index (χ1n) is 6.03. The summed E-state index contributed by atoms with van der Waals surface area (Å²) in [6.07, 6.45) is -3.93. The Balaban J connectivity index is 2.94. The van der Waals surface area contributed by atoms with Gasteiger partial charge in [-0.2, -0.15) is 8.78 Å². The molecule has 1 atom stereocenters. The van der Waals surface area contributed by atoms with Crippen LogP contribution in [0.5, 0.6) is 0 Å². The number of hydrogen-bond donors (Lipinski definition) is 2. The summed E-state index contributed by atoms with van der Waals surface area (Å²) in [4.78, 5) is -0.257. The molecule has 0 aliphatic rings. The largest absolute Gasteiger partial charge is 0.320 e. The van der Waals surface area contributed by atoms with Gasteiger partial charge in [0, 0.05) is 6.04 Å². The van der Waals surface area contributed by atoms with E-state index >= 15 is 0 Å². The molecule has 9 heteroatoms. The number of nitrogens with one attached hydrogen (secondary N) is 2. The maximum atomic E-state index is 12.8. The summed E-state index contributed by atoms with van der Waals surface area (Å²) in [5.41, 5.74) is 0.626. The van der Waals surface area contributed by atoms with Crippen molar-refractivity contribution in [3.8, 4) is 0 Å². The van der Waals surface area contributed by atoms with E-state index in [1.807, 2.05) is 0 Å². The monoisotopic (exact) mass is 328 g/mol. The van der Waals surface area contributed by atoms with Crippen LogP contribution >= 0.6 is 0 Å². The lowest BCUT2D eigenvalue weighted by Gasteiger charge is -2.16. The molecule has 0 aromatic heterocycles. The predicted molar refractivity (Wildman–Crippen MR) is 70.1 cm³/mol. The molecule has 0 heterocycles. The highest BCUT2D eigenvalue weighted by Gasteiger charge is 2.41. The molecule has 0 radical (unpaired) electrons. The molecule has 0 amide bonds. The van der Waals surface area contributed by atoms with Gasteiger partial charge in [-0.1, -0.05) is 12.1 Å². The van der Waals surface area contributed by atoms with Gasteiger partial charge < -0.3 is 5.32 Å². The van der Waals surface area contributed by atoms with Gasteiger partial charge in [-0.25, -0.2) is 21.9 Å². The molecule has 2 N–H and O–H groups in total. The molecule has 1 rings (SSSR count). The lowest BCUT2D eigenvalue weighted by Crippen LogP contribution is -2.41. The van der Waals surface area contributed by atoms with Crippen LogP contribution in [0.15, 0.2) is 29.2 Å². The summed E-state index contributed by atoms with van der Waals surface area (Å²) >= 11 is 0. The Hall–Kier alpha value is -1.19. The number of hydrogen-bond acceptors (Lipinski definition) is 3. The van der Waals surface area contributed by atoms with Crippen molar-refractivity contribution in [1.29, 1.82) is 0 Å². The van der Waals surface area contributed by atoms with Crippen molar-refractivity contribution in [1.82, 2.24) is 10.0 Å². The Morgan fingerprint density at radius 3 is 2.43 bits per heavy atom. The maximum Gasteiger partial charge on any atom is 0.320 e. The topological polar surface area (TPSA) is 58.2 Å². The van der Waals surface area contributed by atoms with Gasteiger partial charge in [0.1, 0.15) is 0 Å². The third kappa shape index (κ3) is 4.65. The Labute approximate surface area is 120 Å². The zero-order valence-electron chi connectivity index (χ0n) is 11.4. The van der Waals surface area contributed by atoms with Gasteiger partial charge in [-0.05, 0) is 31.7 Å². The molecule has 0 fully saturated rings. The summed E-state index contributed by atoms with van der Waals surface area (Å²) < 4.78 is 74.8. The smallest absolute Gasteiger partial charge is 0.313 e. The summed E-state index contributed by atoms with van der Waals surface area (Å²) in [6, 6.07) is 5.46. The molecule has 1 aromatic rings. The lowest BCUT2D eigenvalue weighted by molar-refractivity contribution is -0.122. The van der Waals surface area contributed by atoms with Crippen LogP contribution in [-0.2, 0) is 10.0 Å². The summed E-state index contributed by atoms with van der Waals surface area (Å²) in [5, 5.41) is 2.90. The maximum absolute atomic E-state index is 12.8.